The largest absolute Gasteiger partial charge is 0.486 e. The van der Waals surface area contributed by atoms with Gasteiger partial charge in [-0.2, -0.15) is 0 Å². The molecular weight excluding hydrogens is 266 g/mol. The fourth-order valence-corrected chi connectivity index (χ4v) is 2.01. The molecule has 2 N–H and O–H groups in total. The molecule has 1 heterocycles. The summed E-state index contributed by atoms with van der Waals surface area (Å²) in [5.41, 5.74) is -0.0302. The van der Waals surface area contributed by atoms with Crippen molar-refractivity contribution in [2.24, 2.45) is 4.99 Å². The van der Waals surface area contributed by atoms with Crippen molar-refractivity contribution in [3.8, 4) is 11.5 Å². The topological polar surface area (TPSA) is 54.9 Å². The second-order valence-corrected chi connectivity index (χ2v) is 6.09. The third kappa shape index (κ3) is 4.85. The van der Waals surface area contributed by atoms with Crippen molar-refractivity contribution in [1.82, 2.24) is 10.6 Å². The van der Waals surface area contributed by atoms with Gasteiger partial charge in [-0.15, -0.1) is 0 Å². The number of nitrogens with zero attached hydrogens (tertiary/aromatic N) is 1. The Balaban J connectivity index is 1.96. The zero-order chi connectivity index (χ0) is 15.3. The van der Waals surface area contributed by atoms with Crippen LogP contribution in [0.15, 0.2) is 29.3 Å². The molecule has 0 saturated carbocycles. The van der Waals surface area contributed by atoms with Crippen LogP contribution in [0, 0.1) is 0 Å². The molecule has 0 saturated heterocycles. The molecule has 0 spiro atoms. The number of ether oxygens (including phenoxy) is 2. The van der Waals surface area contributed by atoms with Crippen LogP contribution in [-0.4, -0.2) is 37.3 Å². The second-order valence-electron chi connectivity index (χ2n) is 6.09. The van der Waals surface area contributed by atoms with Crippen molar-refractivity contribution in [3.05, 3.63) is 24.3 Å². The van der Waals surface area contributed by atoms with Gasteiger partial charge in [0.1, 0.15) is 6.61 Å². The van der Waals surface area contributed by atoms with Gasteiger partial charge in [0.2, 0.25) is 0 Å². The summed E-state index contributed by atoms with van der Waals surface area (Å²) in [4.78, 5) is 4.58. The Morgan fingerprint density at radius 3 is 2.67 bits per heavy atom. The average Bonchev–Trinajstić information content (AvgIpc) is 2.43. The van der Waals surface area contributed by atoms with Crippen molar-refractivity contribution < 1.29 is 9.47 Å². The molecule has 0 aromatic heterocycles. The summed E-state index contributed by atoms with van der Waals surface area (Å²) in [5.74, 6) is 2.39. The van der Waals surface area contributed by atoms with Gasteiger partial charge in [0.15, 0.2) is 23.6 Å². The van der Waals surface area contributed by atoms with Crippen LogP contribution in [-0.2, 0) is 0 Å². The van der Waals surface area contributed by atoms with Gasteiger partial charge in [-0.3, -0.25) is 0 Å². The highest BCUT2D eigenvalue weighted by Gasteiger charge is 2.20. The van der Waals surface area contributed by atoms with E-state index in [1.165, 1.54) is 0 Å². The predicted octanol–water partition coefficient (Wildman–Crippen LogP) is 2.18. The molecule has 0 bridgehead atoms. The van der Waals surface area contributed by atoms with Gasteiger partial charge in [0.25, 0.3) is 0 Å². The zero-order valence-corrected chi connectivity index (χ0v) is 13.3. The zero-order valence-electron chi connectivity index (χ0n) is 13.3. The normalized spacial score (nSPS) is 18.3. The first-order valence-electron chi connectivity index (χ1n) is 7.43. The number of hydrogen-bond donors (Lipinski definition) is 2. The molecule has 1 atom stereocenters. The van der Waals surface area contributed by atoms with Gasteiger partial charge in [-0.05, 0) is 39.8 Å². The summed E-state index contributed by atoms with van der Waals surface area (Å²) in [7, 11) is 0. The van der Waals surface area contributed by atoms with E-state index in [4.69, 9.17) is 9.47 Å². The number of benzene rings is 1. The summed E-state index contributed by atoms with van der Waals surface area (Å²) >= 11 is 0. The van der Waals surface area contributed by atoms with Gasteiger partial charge in [0.05, 0.1) is 6.54 Å². The van der Waals surface area contributed by atoms with E-state index in [1.54, 1.807) is 0 Å². The van der Waals surface area contributed by atoms with Crippen molar-refractivity contribution in [2.45, 2.75) is 39.3 Å². The van der Waals surface area contributed by atoms with Crippen LogP contribution in [0.25, 0.3) is 0 Å². The van der Waals surface area contributed by atoms with E-state index in [0.717, 1.165) is 24.0 Å². The third-order valence-electron chi connectivity index (χ3n) is 2.86. The summed E-state index contributed by atoms with van der Waals surface area (Å²) in [6, 6.07) is 7.72. The lowest BCUT2D eigenvalue weighted by molar-refractivity contribution is 0.0971. The molecule has 0 amide bonds. The van der Waals surface area contributed by atoms with Crippen molar-refractivity contribution >= 4 is 5.96 Å². The standard InChI is InChI=1S/C16H25N3O2/c1-5-17-15(19-16(2,3)4)18-10-12-11-20-13-8-6-7-9-14(13)21-12/h6-9,12H,5,10-11H2,1-4H3,(H2,17,18,19). The van der Waals surface area contributed by atoms with E-state index in [-0.39, 0.29) is 11.6 Å². The average molecular weight is 291 g/mol. The summed E-state index contributed by atoms with van der Waals surface area (Å²) in [6.45, 7) is 10.3. The summed E-state index contributed by atoms with van der Waals surface area (Å²) in [6.07, 6.45) is -0.0599. The van der Waals surface area contributed by atoms with E-state index in [1.807, 2.05) is 24.3 Å². The van der Waals surface area contributed by atoms with E-state index in [0.29, 0.717) is 13.2 Å². The van der Waals surface area contributed by atoms with E-state index >= 15 is 0 Å². The highest BCUT2D eigenvalue weighted by atomic mass is 16.6. The maximum Gasteiger partial charge on any atom is 0.191 e. The molecular formula is C16H25N3O2. The lowest BCUT2D eigenvalue weighted by Gasteiger charge is -2.27. The van der Waals surface area contributed by atoms with E-state index in [9.17, 15) is 0 Å². The van der Waals surface area contributed by atoms with E-state index in [2.05, 4.69) is 43.3 Å². The Morgan fingerprint density at radius 1 is 1.29 bits per heavy atom. The van der Waals surface area contributed by atoms with Gasteiger partial charge < -0.3 is 20.1 Å². The van der Waals surface area contributed by atoms with Crippen LogP contribution < -0.4 is 20.1 Å². The molecule has 0 aliphatic carbocycles. The second kappa shape index (κ2) is 6.70. The lowest BCUT2D eigenvalue weighted by atomic mass is 10.1. The molecule has 21 heavy (non-hydrogen) atoms. The number of nitrogens with one attached hydrogen (secondary N) is 2. The molecule has 2 rings (SSSR count). The molecule has 5 heteroatoms. The van der Waals surface area contributed by atoms with E-state index < -0.39 is 0 Å². The summed E-state index contributed by atoms with van der Waals surface area (Å²) < 4.78 is 11.6. The Hall–Kier alpha value is -1.91. The monoisotopic (exact) mass is 291 g/mol. The molecule has 1 aromatic carbocycles. The minimum Gasteiger partial charge on any atom is -0.486 e. The Kier molecular flexibility index (Phi) is 4.94. The van der Waals surface area contributed by atoms with Crippen LogP contribution >= 0.6 is 0 Å². The first kappa shape index (κ1) is 15.5. The van der Waals surface area contributed by atoms with Gasteiger partial charge in [-0.25, -0.2) is 4.99 Å². The van der Waals surface area contributed by atoms with Crippen LogP contribution in [0.2, 0.25) is 0 Å². The number of guanidine groups is 1. The quantitative estimate of drug-likeness (QED) is 0.662. The molecule has 0 fully saturated rings. The molecule has 1 unspecified atom stereocenters. The van der Waals surface area contributed by atoms with Crippen LogP contribution in [0.1, 0.15) is 27.7 Å². The minimum atomic E-state index is -0.0599. The Bertz CT molecular complexity index is 495. The maximum atomic E-state index is 5.90. The predicted molar refractivity (Wildman–Crippen MR) is 85.2 cm³/mol. The first-order chi connectivity index (χ1) is 9.98. The van der Waals surface area contributed by atoms with Gasteiger partial charge in [0, 0.05) is 12.1 Å². The third-order valence-corrected chi connectivity index (χ3v) is 2.86. The summed E-state index contributed by atoms with van der Waals surface area (Å²) in [5, 5.41) is 6.60. The Labute approximate surface area is 126 Å². The number of rotatable bonds is 3. The molecule has 5 nitrogen and oxygen atoms in total. The first-order valence-corrected chi connectivity index (χ1v) is 7.43. The lowest BCUT2D eigenvalue weighted by Crippen LogP contribution is -2.48. The van der Waals surface area contributed by atoms with Crippen molar-refractivity contribution in [2.75, 3.05) is 19.7 Å². The molecule has 1 aliphatic rings. The molecule has 1 aromatic rings. The highest BCUT2D eigenvalue weighted by molar-refractivity contribution is 5.80. The Morgan fingerprint density at radius 2 is 2.00 bits per heavy atom. The van der Waals surface area contributed by atoms with Crippen molar-refractivity contribution in [1.29, 1.82) is 0 Å². The molecule has 0 radical (unpaired) electrons. The van der Waals surface area contributed by atoms with Crippen LogP contribution in [0.5, 0.6) is 11.5 Å². The minimum absolute atomic E-state index is 0.0302. The van der Waals surface area contributed by atoms with Gasteiger partial charge >= 0.3 is 0 Å². The fraction of sp³-hybridized carbons (Fsp3) is 0.562. The van der Waals surface area contributed by atoms with Gasteiger partial charge in [-0.1, -0.05) is 12.1 Å². The van der Waals surface area contributed by atoms with Crippen molar-refractivity contribution in [3.63, 3.8) is 0 Å². The molecule has 116 valence electrons. The van der Waals surface area contributed by atoms with Crippen LogP contribution in [0.3, 0.4) is 0 Å². The number of para-hydroxylation sites is 2. The van der Waals surface area contributed by atoms with Crippen LogP contribution in [0.4, 0.5) is 0 Å². The number of hydrogen-bond acceptors (Lipinski definition) is 3. The fourth-order valence-electron chi connectivity index (χ4n) is 2.01. The maximum absolute atomic E-state index is 5.90. The SMILES string of the molecule is CCNC(=NCC1COc2ccccc2O1)NC(C)(C)C. The molecule has 1 aliphatic heterocycles. The smallest absolute Gasteiger partial charge is 0.191 e. The highest BCUT2D eigenvalue weighted by Crippen LogP contribution is 2.30. The number of aliphatic imine (C=N–C) groups is 1. The number of fused-ring (bicyclic) bond motifs is 1.